The van der Waals surface area contributed by atoms with Gasteiger partial charge in [-0.2, -0.15) is 0 Å². The molecule has 0 spiro atoms. The minimum absolute atomic E-state index is 0.00332. The molecule has 8 nitrogen and oxygen atoms in total. The van der Waals surface area contributed by atoms with E-state index >= 15 is 0 Å². The summed E-state index contributed by atoms with van der Waals surface area (Å²) in [5.74, 6) is 0.0575. The first-order chi connectivity index (χ1) is 13.0. The van der Waals surface area contributed by atoms with Crippen molar-refractivity contribution in [2.24, 2.45) is 4.99 Å². The fourth-order valence-corrected chi connectivity index (χ4v) is 3.38. The third-order valence-corrected chi connectivity index (χ3v) is 4.90. The molecule has 1 amide bonds. The number of carbonyl (C=O) groups is 1. The van der Waals surface area contributed by atoms with E-state index in [1.54, 1.807) is 35.7 Å². The second-order valence-electron chi connectivity index (χ2n) is 5.83. The number of nitro groups is 1. The molecule has 27 heavy (non-hydrogen) atoms. The van der Waals surface area contributed by atoms with Gasteiger partial charge in [-0.05, 0) is 35.9 Å². The second-order valence-corrected chi connectivity index (χ2v) is 6.72. The Labute approximate surface area is 157 Å². The van der Waals surface area contributed by atoms with Crippen molar-refractivity contribution in [2.45, 2.75) is 0 Å². The number of nitro benzene ring substituents is 1. The number of carbonyl (C=O) groups excluding carboxylic acids is 1. The van der Waals surface area contributed by atoms with E-state index in [0.717, 1.165) is 15.8 Å². The zero-order valence-electron chi connectivity index (χ0n) is 14.1. The molecule has 0 atom stereocenters. The number of hydrogen-bond donors (Lipinski definition) is 1. The molecule has 4 rings (SSSR count). The summed E-state index contributed by atoms with van der Waals surface area (Å²) in [4.78, 5) is 32.8. The van der Waals surface area contributed by atoms with Crippen LogP contribution in [0.15, 0.2) is 58.7 Å². The highest BCUT2D eigenvalue weighted by molar-refractivity contribution is 7.16. The summed E-state index contributed by atoms with van der Waals surface area (Å²) in [5.41, 5.74) is 4.53. The average Bonchev–Trinajstić information content (AvgIpc) is 3.27. The number of amides is 1. The number of aliphatic imine (C=N–C) groups is 1. The van der Waals surface area contributed by atoms with Crippen LogP contribution in [0.2, 0.25) is 0 Å². The highest BCUT2D eigenvalue weighted by Gasteiger charge is 2.23. The molecule has 0 saturated heterocycles. The van der Waals surface area contributed by atoms with E-state index in [1.807, 2.05) is 18.2 Å². The van der Waals surface area contributed by atoms with E-state index in [2.05, 4.69) is 15.3 Å². The van der Waals surface area contributed by atoms with Crippen molar-refractivity contribution in [2.75, 3.05) is 11.9 Å². The van der Waals surface area contributed by atoms with E-state index in [0.29, 0.717) is 17.3 Å². The van der Waals surface area contributed by atoms with Gasteiger partial charge in [-0.25, -0.2) is 9.98 Å². The molecule has 9 heteroatoms. The number of rotatable bonds is 3. The smallest absolute Gasteiger partial charge is 0.276 e. The van der Waals surface area contributed by atoms with Crippen molar-refractivity contribution in [3.63, 3.8) is 0 Å². The first kappa shape index (κ1) is 16.9. The molecule has 2 heterocycles. The molecular weight excluding hydrogens is 366 g/mol. The first-order valence-electron chi connectivity index (χ1n) is 7.94. The number of anilines is 1. The van der Waals surface area contributed by atoms with Crippen molar-refractivity contribution in [1.29, 1.82) is 0 Å². The van der Waals surface area contributed by atoms with Crippen molar-refractivity contribution < 1.29 is 9.72 Å². The largest absolute Gasteiger partial charge is 0.315 e. The molecule has 1 aliphatic rings. The van der Waals surface area contributed by atoms with E-state index in [9.17, 15) is 14.9 Å². The molecule has 0 bridgehead atoms. The van der Waals surface area contributed by atoms with E-state index in [1.165, 1.54) is 23.5 Å². The highest BCUT2D eigenvalue weighted by atomic mass is 32.1. The van der Waals surface area contributed by atoms with Crippen LogP contribution >= 0.6 is 11.3 Å². The maximum atomic E-state index is 12.3. The Hall–Kier alpha value is -3.59. The van der Waals surface area contributed by atoms with Crippen LogP contribution in [0.1, 0.15) is 5.56 Å². The van der Waals surface area contributed by atoms with Gasteiger partial charge in [0.15, 0.2) is 0 Å². The minimum Gasteiger partial charge on any atom is -0.315 e. The maximum Gasteiger partial charge on any atom is 0.276 e. The van der Waals surface area contributed by atoms with Crippen LogP contribution in [0.4, 0.5) is 11.4 Å². The standard InChI is InChI=1S/C18H13N5O3S/c1-22(12-3-5-13(6-4-12)23(25)26)18-20-15(17(24)21-18)8-11-2-7-14-16(9-11)27-10-19-14/h2-10H,1H3,(H,20,21,24). The van der Waals surface area contributed by atoms with Gasteiger partial charge in [0.1, 0.15) is 5.70 Å². The van der Waals surface area contributed by atoms with Crippen LogP contribution in [-0.2, 0) is 4.79 Å². The molecule has 1 aliphatic heterocycles. The summed E-state index contributed by atoms with van der Waals surface area (Å²) in [7, 11) is 1.73. The molecular formula is C18H13N5O3S. The SMILES string of the molecule is CN(C1=NC(=Cc2ccc3ncsc3c2)C(=O)N1)c1ccc([N+](=O)[O-])cc1. The predicted octanol–water partition coefficient (Wildman–Crippen LogP) is 3.17. The summed E-state index contributed by atoms with van der Waals surface area (Å²) in [6.07, 6.45) is 1.71. The molecule has 0 aliphatic carbocycles. The molecule has 0 fully saturated rings. The van der Waals surface area contributed by atoms with Gasteiger partial charge in [-0.3, -0.25) is 20.2 Å². The molecule has 1 aromatic heterocycles. The van der Waals surface area contributed by atoms with Crippen molar-refractivity contribution in [1.82, 2.24) is 10.3 Å². The van der Waals surface area contributed by atoms with Crippen molar-refractivity contribution in [3.05, 3.63) is 69.3 Å². The lowest BCUT2D eigenvalue weighted by molar-refractivity contribution is -0.384. The lowest BCUT2D eigenvalue weighted by Crippen LogP contribution is -2.37. The van der Waals surface area contributed by atoms with Gasteiger partial charge in [-0.15, -0.1) is 11.3 Å². The summed E-state index contributed by atoms with van der Waals surface area (Å²) >= 11 is 1.53. The predicted molar refractivity (Wildman–Crippen MR) is 105 cm³/mol. The lowest BCUT2D eigenvalue weighted by Gasteiger charge is -2.17. The molecule has 3 aromatic rings. The summed E-state index contributed by atoms with van der Waals surface area (Å²) in [6, 6.07) is 11.8. The van der Waals surface area contributed by atoms with Gasteiger partial charge >= 0.3 is 0 Å². The molecule has 1 N–H and O–H groups in total. The van der Waals surface area contributed by atoms with Crippen LogP contribution in [-0.4, -0.2) is 28.8 Å². The summed E-state index contributed by atoms with van der Waals surface area (Å²) < 4.78 is 1.04. The van der Waals surface area contributed by atoms with Gasteiger partial charge in [-0.1, -0.05) is 6.07 Å². The zero-order chi connectivity index (χ0) is 19.0. The molecule has 0 saturated carbocycles. The van der Waals surface area contributed by atoms with Crippen LogP contribution < -0.4 is 10.2 Å². The number of nitrogens with one attached hydrogen (secondary N) is 1. The Morgan fingerprint density at radius 1 is 1.22 bits per heavy atom. The van der Waals surface area contributed by atoms with Crippen molar-refractivity contribution >= 4 is 50.9 Å². The molecule has 0 radical (unpaired) electrons. The van der Waals surface area contributed by atoms with Gasteiger partial charge in [0, 0.05) is 24.9 Å². The number of guanidine groups is 1. The third kappa shape index (κ3) is 3.27. The molecule has 134 valence electrons. The second kappa shape index (κ2) is 6.61. The Morgan fingerprint density at radius 3 is 2.74 bits per heavy atom. The number of fused-ring (bicyclic) bond motifs is 1. The third-order valence-electron chi connectivity index (χ3n) is 4.11. The maximum absolute atomic E-state index is 12.3. The number of non-ortho nitro benzene ring substituents is 1. The summed E-state index contributed by atoms with van der Waals surface area (Å²) in [6.45, 7) is 0. The fourth-order valence-electron chi connectivity index (χ4n) is 2.65. The molecule has 2 aromatic carbocycles. The Balaban J connectivity index is 1.60. The van der Waals surface area contributed by atoms with Crippen LogP contribution in [0, 0.1) is 10.1 Å². The monoisotopic (exact) mass is 379 g/mol. The minimum atomic E-state index is -0.459. The van der Waals surface area contributed by atoms with Gasteiger partial charge < -0.3 is 4.90 Å². The summed E-state index contributed by atoms with van der Waals surface area (Å²) in [5, 5.41) is 13.5. The van der Waals surface area contributed by atoms with E-state index in [-0.39, 0.29) is 11.6 Å². The number of hydrogen-bond acceptors (Lipinski definition) is 7. The number of nitrogens with zero attached hydrogens (tertiary/aromatic N) is 4. The van der Waals surface area contributed by atoms with Gasteiger partial charge in [0.05, 0.1) is 20.7 Å². The fraction of sp³-hybridized carbons (Fsp3) is 0.0556. The number of benzene rings is 2. The van der Waals surface area contributed by atoms with E-state index in [4.69, 9.17) is 0 Å². The Morgan fingerprint density at radius 2 is 2.00 bits per heavy atom. The average molecular weight is 379 g/mol. The van der Waals surface area contributed by atoms with Crippen LogP contribution in [0.25, 0.3) is 16.3 Å². The molecule has 0 unspecified atom stereocenters. The van der Waals surface area contributed by atoms with Crippen molar-refractivity contribution in [3.8, 4) is 0 Å². The Kier molecular flexibility index (Phi) is 4.13. The van der Waals surface area contributed by atoms with Gasteiger partial charge in [0.2, 0.25) is 5.96 Å². The first-order valence-corrected chi connectivity index (χ1v) is 8.82. The quantitative estimate of drug-likeness (QED) is 0.428. The van der Waals surface area contributed by atoms with Crippen LogP contribution in [0.3, 0.4) is 0 Å². The lowest BCUT2D eigenvalue weighted by atomic mass is 10.2. The highest BCUT2D eigenvalue weighted by Crippen LogP contribution is 2.23. The van der Waals surface area contributed by atoms with Gasteiger partial charge in [0.25, 0.3) is 11.6 Å². The zero-order valence-corrected chi connectivity index (χ0v) is 14.9. The van der Waals surface area contributed by atoms with E-state index < -0.39 is 4.92 Å². The normalized spacial score (nSPS) is 15.1. The number of aromatic nitrogens is 1. The number of thiazole rings is 1. The van der Waals surface area contributed by atoms with Crippen LogP contribution in [0.5, 0.6) is 0 Å². The Bertz CT molecular complexity index is 1120. The topological polar surface area (TPSA) is 101 Å².